The monoisotopic (exact) mass is 336 g/mol. The van der Waals surface area contributed by atoms with E-state index in [1.165, 1.54) is 18.3 Å². The number of hydrogen-bond donors (Lipinski definition) is 1. The van der Waals surface area contributed by atoms with Gasteiger partial charge in [0, 0.05) is 24.1 Å². The maximum atomic E-state index is 12.3. The summed E-state index contributed by atoms with van der Waals surface area (Å²) in [7, 11) is 0. The maximum absolute atomic E-state index is 12.3. The van der Waals surface area contributed by atoms with Crippen LogP contribution in [0.5, 0.6) is 0 Å². The molecule has 0 aromatic carbocycles. The Balaban J connectivity index is 1.52. The molecule has 2 atom stereocenters. The number of aromatic nitrogens is 1. The lowest BCUT2D eigenvalue weighted by atomic mass is 9.67. The number of esters is 1. The molecule has 2 unspecified atom stereocenters. The molecule has 2 fully saturated rings. The maximum Gasteiger partial charge on any atom is 0.309 e. The van der Waals surface area contributed by atoms with Crippen LogP contribution in [0.25, 0.3) is 0 Å². The molecule has 1 N–H and O–H groups in total. The first-order valence-corrected chi connectivity index (χ1v) is 8.83. The van der Waals surface area contributed by atoms with Crippen molar-refractivity contribution in [3.63, 3.8) is 0 Å². The number of hydrogen-bond acceptors (Lipinski definition) is 6. The molecule has 2 saturated carbocycles. The summed E-state index contributed by atoms with van der Waals surface area (Å²) in [5, 5.41) is 4.86. The molecule has 124 valence electrons. The molecule has 6 nitrogen and oxygen atoms in total. The summed E-state index contributed by atoms with van der Waals surface area (Å²) in [5.41, 5.74) is 0.624. The standard InChI is InChI=1S/C16H20N2O4S/c1-9(19)17-16-18-13(8-23-16)7-22-15(21)12-5-10-3-2-4-11(6-12)14(10)20/h8,10-12H,2-7H2,1H3,(H,17,18,19). The van der Waals surface area contributed by atoms with Crippen molar-refractivity contribution in [2.24, 2.45) is 17.8 Å². The molecule has 23 heavy (non-hydrogen) atoms. The molecule has 3 rings (SSSR count). The van der Waals surface area contributed by atoms with E-state index in [2.05, 4.69) is 10.3 Å². The van der Waals surface area contributed by atoms with Crippen molar-refractivity contribution in [2.75, 3.05) is 5.32 Å². The van der Waals surface area contributed by atoms with Gasteiger partial charge in [0.05, 0.1) is 11.6 Å². The van der Waals surface area contributed by atoms with Crippen LogP contribution in [-0.2, 0) is 25.7 Å². The fourth-order valence-electron chi connectivity index (χ4n) is 3.52. The average molecular weight is 336 g/mol. The number of anilines is 1. The molecule has 1 heterocycles. The van der Waals surface area contributed by atoms with Crippen LogP contribution in [-0.4, -0.2) is 22.6 Å². The Labute approximate surface area is 138 Å². The third-order valence-corrected chi connectivity index (χ3v) is 5.38. The van der Waals surface area contributed by atoms with Gasteiger partial charge in [-0.1, -0.05) is 6.42 Å². The van der Waals surface area contributed by atoms with Crippen molar-refractivity contribution in [3.05, 3.63) is 11.1 Å². The molecule has 0 spiro atoms. The number of ether oxygens (including phenoxy) is 1. The number of thiazole rings is 1. The Morgan fingerprint density at radius 1 is 1.35 bits per heavy atom. The number of fused-ring (bicyclic) bond motifs is 2. The van der Waals surface area contributed by atoms with Gasteiger partial charge in [0.25, 0.3) is 0 Å². The molecular formula is C16H20N2O4S. The molecule has 0 aliphatic heterocycles. The zero-order valence-electron chi connectivity index (χ0n) is 13.0. The first-order chi connectivity index (χ1) is 11.0. The van der Waals surface area contributed by atoms with Crippen molar-refractivity contribution in [1.82, 2.24) is 4.98 Å². The van der Waals surface area contributed by atoms with Gasteiger partial charge in [0.2, 0.25) is 5.91 Å². The van der Waals surface area contributed by atoms with Crippen LogP contribution < -0.4 is 5.32 Å². The number of Topliss-reactive ketones (excluding diaryl/α,β-unsaturated/α-hetero) is 1. The third kappa shape index (κ3) is 3.77. The highest BCUT2D eigenvalue weighted by Gasteiger charge is 2.41. The van der Waals surface area contributed by atoms with Gasteiger partial charge in [-0.15, -0.1) is 11.3 Å². The van der Waals surface area contributed by atoms with Gasteiger partial charge in [-0.3, -0.25) is 14.4 Å². The fourth-order valence-corrected chi connectivity index (χ4v) is 4.26. The second kappa shape index (κ2) is 6.78. The summed E-state index contributed by atoms with van der Waals surface area (Å²) in [6.45, 7) is 1.52. The number of nitrogens with one attached hydrogen (secondary N) is 1. The van der Waals surface area contributed by atoms with Crippen LogP contribution in [0.4, 0.5) is 5.13 Å². The number of nitrogens with zero attached hydrogens (tertiary/aromatic N) is 1. The summed E-state index contributed by atoms with van der Waals surface area (Å²) in [6.07, 6.45) is 4.16. The van der Waals surface area contributed by atoms with Gasteiger partial charge in [-0.25, -0.2) is 4.98 Å². The van der Waals surface area contributed by atoms with Crippen LogP contribution in [0.1, 0.15) is 44.7 Å². The van der Waals surface area contributed by atoms with Gasteiger partial charge in [0.1, 0.15) is 12.4 Å². The second-order valence-electron chi connectivity index (χ2n) is 6.33. The van der Waals surface area contributed by atoms with Gasteiger partial charge in [-0.2, -0.15) is 0 Å². The van der Waals surface area contributed by atoms with Crippen molar-refractivity contribution in [3.8, 4) is 0 Å². The minimum atomic E-state index is -0.233. The predicted molar refractivity (Wildman–Crippen MR) is 84.8 cm³/mol. The molecule has 0 saturated heterocycles. The molecule has 0 radical (unpaired) electrons. The predicted octanol–water partition coefficient (Wildman–Crippen LogP) is 2.54. The van der Waals surface area contributed by atoms with Crippen molar-refractivity contribution >= 4 is 34.1 Å². The minimum Gasteiger partial charge on any atom is -0.459 e. The van der Waals surface area contributed by atoms with E-state index in [9.17, 15) is 14.4 Å². The van der Waals surface area contributed by atoms with E-state index in [1.807, 2.05) is 0 Å². The molecular weight excluding hydrogens is 316 g/mol. The molecule has 1 aromatic heterocycles. The van der Waals surface area contributed by atoms with E-state index in [1.54, 1.807) is 5.38 Å². The topological polar surface area (TPSA) is 85.4 Å². The highest BCUT2D eigenvalue weighted by Crippen LogP contribution is 2.40. The third-order valence-electron chi connectivity index (χ3n) is 4.58. The van der Waals surface area contributed by atoms with Crippen LogP contribution in [0, 0.1) is 17.8 Å². The normalized spacial score (nSPS) is 26.7. The Morgan fingerprint density at radius 2 is 2.04 bits per heavy atom. The fraction of sp³-hybridized carbons (Fsp3) is 0.625. The largest absolute Gasteiger partial charge is 0.459 e. The molecule has 1 amide bonds. The van der Waals surface area contributed by atoms with Gasteiger partial charge in [-0.05, 0) is 25.7 Å². The highest BCUT2D eigenvalue weighted by molar-refractivity contribution is 7.13. The SMILES string of the molecule is CC(=O)Nc1nc(COC(=O)C2CC3CCCC(C2)C3=O)cs1. The molecule has 2 bridgehead atoms. The molecule has 2 aliphatic rings. The smallest absolute Gasteiger partial charge is 0.309 e. The van der Waals surface area contributed by atoms with Crippen LogP contribution in [0.15, 0.2) is 5.38 Å². The number of carbonyl (C=O) groups excluding carboxylic acids is 3. The Kier molecular flexibility index (Phi) is 4.75. The molecule has 2 aliphatic carbocycles. The lowest BCUT2D eigenvalue weighted by Crippen LogP contribution is -2.39. The highest BCUT2D eigenvalue weighted by atomic mass is 32.1. The van der Waals surface area contributed by atoms with Crippen molar-refractivity contribution in [1.29, 1.82) is 0 Å². The van der Waals surface area contributed by atoms with E-state index in [-0.39, 0.29) is 36.2 Å². The number of rotatable bonds is 4. The summed E-state index contributed by atoms with van der Waals surface area (Å²) >= 11 is 1.30. The molecule has 7 heteroatoms. The van der Waals surface area contributed by atoms with E-state index in [0.717, 1.165) is 19.3 Å². The van der Waals surface area contributed by atoms with E-state index in [4.69, 9.17) is 4.74 Å². The summed E-state index contributed by atoms with van der Waals surface area (Å²) < 4.78 is 5.37. The van der Waals surface area contributed by atoms with Crippen molar-refractivity contribution in [2.45, 2.75) is 45.6 Å². The van der Waals surface area contributed by atoms with E-state index in [0.29, 0.717) is 29.5 Å². The van der Waals surface area contributed by atoms with E-state index >= 15 is 0 Å². The summed E-state index contributed by atoms with van der Waals surface area (Å²) in [6, 6.07) is 0. The van der Waals surface area contributed by atoms with Gasteiger partial charge in [0.15, 0.2) is 5.13 Å². The van der Waals surface area contributed by atoms with Crippen LogP contribution >= 0.6 is 11.3 Å². The zero-order chi connectivity index (χ0) is 16.4. The van der Waals surface area contributed by atoms with Crippen LogP contribution in [0.2, 0.25) is 0 Å². The first kappa shape index (κ1) is 16.1. The number of ketones is 1. The zero-order valence-corrected chi connectivity index (χ0v) is 13.9. The summed E-state index contributed by atoms with van der Waals surface area (Å²) in [4.78, 5) is 39.5. The quantitative estimate of drug-likeness (QED) is 0.854. The second-order valence-corrected chi connectivity index (χ2v) is 7.19. The lowest BCUT2D eigenvalue weighted by molar-refractivity contribution is -0.154. The molecule has 1 aromatic rings. The lowest BCUT2D eigenvalue weighted by Gasteiger charge is -2.36. The van der Waals surface area contributed by atoms with Gasteiger partial charge < -0.3 is 10.1 Å². The van der Waals surface area contributed by atoms with Gasteiger partial charge >= 0.3 is 5.97 Å². The summed E-state index contributed by atoms with van der Waals surface area (Å²) in [5.74, 6) is -0.141. The Hall–Kier alpha value is -1.76. The van der Waals surface area contributed by atoms with Crippen LogP contribution in [0.3, 0.4) is 0 Å². The van der Waals surface area contributed by atoms with Crippen molar-refractivity contribution < 1.29 is 19.1 Å². The average Bonchev–Trinajstić information content (AvgIpc) is 2.91. The Morgan fingerprint density at radius 3 is 2.70 bits per heavy atom. The van der Waals surface area contributed by atoms with E-state index < -0.39 is 0 Å². The number of amides is 1. The minimum absolute atomic E-state index is 0.0469. The first-order valence-electron chi connectivity index (χ1n) is 7.95. The Bertz CT molecular complexity index is 611. The number of carbonyl (C=O) groups is 3.